The zero-order valence-electron chi connectivity index (χ0n) is 20.0. The lowest BCUT2D eigenvalue weighted by Crippen LogP contribution is -2.30. The van der Waals surface area contributed by atoms with Crippen LogP contribution in [0.5, 0.6) is 0 Å². The molecule has 2 N–H and O–H groups in total. The van der Waals surface area contributed by atoms with Gasteiger partial charge in [0, 0.05) is 13.1 Å². The summed E-state index contributed by atoms with van der Waals surface area (Å²) < 4.78 is 0. The van der Waals surface area contributed by atoms with Crippen LogP contribution in [-0.4, -0.2) is 48.0 Å². The number of hydrogen-bond donors (Lipinski definition) is 2. The van der Waals surface area contributed by atoms with Gasteiger partial charge in [-0.05, 0) is 13.0 Å². The zero-order valence-corrected chi connectivity index (χ0v) is 20.0. The van der Waals surface area contributed by atoms with Crippen molar-refractivity contribution in [3.63, 3.8) is 0 Å². The van der Waals surface area contributed by atoms with E-state index in [1.54, 1.807) is 0 Å². The van der Waals surface area contributed by atoms with Crippen LogP contribution in [0.15, 0.2) is 0 Å². The van der Waals surface area contributed by atoms with Crippen molar-refractivity contribution in [3.05, 3.63) is 0 Å². The van der Waals surface area contributed by atoms with Crippen molar-refractivity contribution in [1.29, 1.82) is 0 Å². The first-order valence-electron chi connectivity index (χ1n) is 13.3. The number of aliphatic hydroxyl groups is 2. The molecule has 0 atom stereocenters. The third kappa shape index (κ3) is 24.0. The first-order valence-corrected chi connectivity index (χ1v) is 13.3. The van der Waals surface area contributed by atoms with Gasteiger partial charge in [0.2, 0.25) is 0 Å². The van der Waals surface area contributed by atoms with Crippen molar-refractivity contribution in [1.82, 2.24) is 4.90 Å². The second-order valence-electron chi connectivity index (χ2n) is 9.01. The van der Waals surface area contributed by atoms with Gasteiger partial charge >= 0.3 is 0 Å². The van der Waals surface area contributed by atoms with Gasteiger partial charge in [-0.25, -0.2) is 0 Å². The maximum absolute atomic E-state index is 9.01. The largest absolute Gasteiger partial charge is 0.395 e. The molecule has 0 bridgehead atoms. The Morgan fingerprint density at radius 2 is 0.655 bits per heavy atom. The molecule has 0 aromatic carbocycles. The van der Waals surface area contributed by atoms with E-state index in [2.05, 4.69) is 11.8 Å². The molecule has 0 radical (unpaired) electrons. The Labute approximate surface area is 183 Å². The lowest BCUT2D eigenvalue weighted by Gasteiger charge is -2.19. The Morgan fingerprint density at radius 1 is 0.379 bits per heavy atom. The van der Waals surface area contributed by atoms with E-state index in [0.717, 1.165) is 6.54 Å². The van der Waals surface area contributed by atoms with Crippen molar-refractivity contribution in [2.75, 3.05) is 32.8 Å². The summed E-state index contributed by atoms with van der Waals surface area (Å²) in [5.41, 5.74) is 0. The van der Waals surface area contributed by atoms with Gasteiger partial charge in [0.05, 0.1) is 13.2 Å². The van der Waals surface area contributed by atoms with Gasteiger partial charge in [-0.3, -0.25) is 4.90 Å². The van der Waals surface area contributed by atoms with Crippen LogP contribution < -0.4 is 0 Å². The van der Waals surface area contributed by atoms with Gasteiger partial charge in [0.25, 0.3) is 0 Å². The van der Waals surface area contributed by atoms with Gasteiger partial charge in [0.1, 0.15) is 0 Å². The minimum absolute atomic E-state index is 0.194. The van der Waals surface area contributed by atoms with E-state index in [9.17, 15) is 0 Å². The Bertz CT molecular complexity index is 280. The normalized spacial score (nSPS) is 11.6. The maximum atomic E-state index is 9.01. The Hall–Kier alpha value is -0.120. The lowest BCUT2D eigenvalue weighted by molar-refractivity contribution is 0.159. The molecule has 0 spiro atoms. The molecule has 0 saturated heterocycles. The summed E-state index contributed by atoms with van der Waals surface area (Å²) in [5.74, 6) is 0. The Morgan fingerprint density at radius 3 is 0.931 bits per heavy atom. The molecule has 0 aliphatic heterocycles. The lowest BCUT2D eigenvalue weighted by atomic mass is 10.0. The molecular weight excluding hydrogens is 358 g/mol. The summed E-state index contributed by atoms with van der Waals surface area (Å²) in [6, 6.07) is 0. The smallest absolute Gasteiger partial charge is 0.0558 e. The van der Waals surface area contributed by atoms with Gasteiger partial charge in [-0.2, -0.15) is 0 Å². The summed E-state index contributed by atoms with van der Waals surface area (Å²) in [6.45, 7) is 5.08. The van der Waals surface area contributed by atoms with Crippen molar-refractivity contribution < 1.29 is 10.2 Å². The van der Waals surface area contributed by atoms with Crippen molar-refractivity contribution in [2.45, 2.75) is 135 Å². The van der Waals surface area contributed by atoms with Crippen LogP contribution in [0, 0.1) is 0 Å². The standard InChI is InChI=1S/C26H55NO2/c1-2-3-4-5-6-7-8-9-10-11-12-13-14-15-16-17-18-19-20-21-22-27(23-25-28)24-26-29/h28-29H,2-26H2,1H3. The van der Waals surface area contributed by atoms with Crippen LogP contribution in [-0.2, 0) is 0 Å². The van der Waals surface area contributed by atoms with E-state index in [-0.39, 0.29) is 13.2 Å². The fraction of sp³-hybridized carbons (Fsp3) is 1.00. The number of rotatable bonds is 25. The van der Waals surface area contributed by atoms with Crippen molar-refractivity contribution >= 4 is 0 Å². The van der Waals surface area contributed by atoms with Crippen LogP contribution in [0.4, 0.5) is 0 Å². The highest BCUT2D eigenvalue weighted by molar-refractivity contribution is 4.57. The van der Waals surface area contributed by atoms with E-state index in [0.29, 0.717) is 13.1 Å². The van der Waals surface area contributed by atoms with E-state index in [1.165, 1.54) is 128 Å². The Kier molecular flexibility index (Phi) is 25.8. The van der Waals surface area contributed by atoms with Crippen LogP contribution >= 0.6 is 0 Å². The molecule has 0 aromatic rings. The SMILES string of the molecule is CCCCCCCCCCCCCCCCCCCCCCN(CCO)CCO. The zero-order chi connectivity index (χ0) is 21.3. The van der Waals surface area contributed by atoms with E-state index < -0.39 is 0 Å². The third-order valence-electron chi connectivity index (χ3n) is 6.16. The number of hydrogen-bond acceptors (Lipinski definition) is 3. The highest BCUT2D eigenvalue weighted by Crippen LogP contribution is 2.14. The molecule has 0 saturated carbocycles. The molecule has 0 amide bonds. The second kappa shape index (κ2) is 25.9. The van der Waals surface area contributed by atoms with Gasteiger partial charge in [-0.1, -0.05) is 129 Å². The topological polar surface area (TPSA) is 43.7 Å². The average molecular weight is 414 g/mol. The van der Waals surface area contributed by atoms with Crippen LogP contribution in [0.3, 0.4) is 0 Å². The molecule has 0 unspecified atom stereocenters. The fourth-order valence-electron chi connectivity index (χ4n) is 4.21. The highest BCUT2D eigenvalue weighted by atomic mass is 16.3. The first kappa shape index (κ1) is 28.9. The van der Waals surface area contributed by atoms with Crippen LogP contribution in [0.1, 0.15) is 135 Å². The summed E-state index contributed by atoms with van der Waals surface area (Å²) >= 11 is 0. The third-order valence-corrected chi connectivity index (χ3v) is 6.16. The predicted molar refractivity (Wildman–Crippen MR) is 129 cm³/mol. The predicted octanol–water partition coefficient (Wildman–Crippen LogP) is 7.09. The quantitative estimate of drug-likeness (QED) is 0.157. The molecule has 0 fully saturated rings. The van der Waals surface area contributed by atoms with E-state index in [4.69, 9.17) is 10.2 Å². The monoisotopic (exact) mass is 413 g/mol. The average Bonchev–Trinajstić information content (AvgIpc) is 2.72. The minimum atomic E-state index is 0.194. The fourth-order valence-corrected chi connectivity index (χ4v) is 4.21. The van der Waals surface area contributed by atoms with Gasteiger partial charge < -0.3 is 10.2 Å². The van der Waals surface area contributed by atoms with Gasteiger partial charge in [-0.15, -0.1) is 0 Å². The summed E-state index contributed by atoms with van der Waals surface area (Å²) in [6.07, 6.45) is 28.2. The molecule has 3 heteroatoms. The molecule has 0 heterocycles. The second-order valence-corrected chi connectivity index (χ2v) is 9.01. The molecule has 29 heavy (non-hydrogen) atoms. The number of nitrogens with zero attached hydrogens (tertiary/aromatic N) is 1. The van der Waals surface area contributed by atoms with E-state index in [1.807, 2.05) is 0 Å². The minimum Gasteiger partial charge on any atom is -0.395 e. The van der Waals surface area contributed by atoms with Crippen LogP contribution in [0.25, 0.3) is 0 Å². The first-order chi connectivity index (χ1) is 14.3. The molecular formula is C26H55NO2. The van der Waals surface area contributed by atoms with Crippen LogP contribution in [0.2, 0.25) is 0 Å². The molecule has 176 valence electrons. The Balaban J connectivity index is 3.11. The molecule has 0 aliphatic carbocycles. The molecule has 0 aromatic heterocycles. The van der Waals surface area contributed by atoms with Crippen molar-refractivity contribution in [2.24, 2.45) is 0 Å². The highest BCUT2D eigenvalue weighted by Gasteiger charge is 2.02. The molecule has 0 rings (SSSR count). The number of unbranched alkanes of at least 4 members (excludes halogenated alkanes) is 19. The molecule has 3 nitrogen and oxygen atoms in total. The summed E-state index contributed by atoms with van der Waals surface area (Å²) in [5, 5.41) is 18.0. The van der Waals surface area contributed by atoms with Gasteiger partial charge in [0.15, 0.2) is 0 Å². The summed E-state index contributed by atoms with van der Waals surface area (Å²) in [7, 11) is 0. The summed E-state index contributed by atoms with van der Waals surface area (Å²) in [4.78, 5) is 2.16. The molecule has 0 aliphatic rings. The van der Waals surface area contributed by atoms with E-state index >= 15 is 0 Å². The maximum Gasteiger partial charge on any atom is 0.0558 e. The van der Waals surface area contributed by atoms with Crippen molar-refractivity contribution in [3.8, 4) is 0 Å². The number of aliphatic hydroxyl groups excluding tert-OH is 2.